The fourth-order valence-corrected chi connectivity index (χ4v) is 5.47. The number of aliphatic hydroxyl groups excluding tert-OH is 5. The molecule has 2 aliphatic carbocycles. The van der Waals surface area contributed by atoms with Gasteiger partial charge in [0, 0.05) is 22.8 Å². The van der Waals surface area contributed by atoms with Crippen LogP contribution in [0, 0.1) is 17.3 Å². The predicted molar refractivity (Wildman–Crippen MR) is 102 cm³/mol. The number of carbonyl (C=O) groups excluding carboxylic acids is 1. The fraction of sp³-hybridized carbons (Fsp3) is 0.762. The Kier molecular flexibility index (Phi) is 5.82. The van der Waals surface area contributed by atoms with Crippen molar-refractivity contribution in [3.63, 3.8) is 0 Å². The highest BCUT2D eigenvalue weighted by Gasteiger charge is 2.58. The van der Waals surface area contributed by atoms with Gasteiger partial charge >= 0.3 is 5.97 Å². The molecular formula is C21H30O9. The summed E-state index contributed by atoms with van der Waals surface area (Å²) in [4.78, 5) is 12.1. The van der Waals surface area contributed by atoms with E-state index in [1.807, 2.05) is 13.0 Å². The summed E-state index contributed by atoms with van der Waals surface area (Å²) in [6.45, 7) is 5.33. The normalized spacial score (nSPS) is 48.6. The van der Waals surface area contributed by atoms with Gasteiger partial charge in [0.25, 0.3) is 0 Å². The highest BCUT2D eigenvalue weighted by atomic mass is 16.7. The first-order chi connectivity index (χ1) is 14.2. The van der Waals surface area contributed by atoms with Gasteiger partial charge in [-0.05, 0) is 24.8 Å². The molecule has 2 aliphatic heterocycles. The molecule has 2 heterocycles. The average Bonchev–Trinajstić information content (AvgIpc) is 3.01. The van der Waals surface area contributed by atoms with Crippen LogP contribution in [0.25, 0.3) is 0 Å². The molecule has 1 saturated carbocycles. The molecule has 0 aromatic carbocycles. The molecule has 0 radical (unpaired) electrons. The molecule has 168 valence electrons. The van der Waals surface area contributed by atoms with E-state index in [2.05, 4.69) is 6.58 Å². The van der Waals surface area contributed by atoms with Crippen LogP contribution in [0.3, 0.4) is 0 Å². The van der Waals surface area contributed by atoms with Gasteiger partial charge in [-0.1, -0.05) is 19.6 Å². The maximum absolute atomic E-state index is 12.1. The van der Waals surface area contributed by atoms with Crippen LogP contribution in [-0.4, -0.2) is 87.6 Å². The third kappa shape index (κ3) is 3.33. The molecule has 10 atom stereocenters. The largest absolute Gasteiger partial charge is 0.458 e. The van der Waals surface area contributed by atoms with Crippen molar-refractivity contribution in [1.82, 2.24) is 0 Å². The third-order valence-corrected chi connectivity index (χ3v) is 7.41. The summed E-state index contributed by atoms with van der Waals surface area (Å²) in [5.41, 5.74) is 0.766. The van der Waals surface area contributed by atoms with Crippen LogP contribution in [0.5, 0.6) is 0 Å². The van der Waals surface area contributed by atoms with Gasteiger partial charge in [0.2, 0.25) is 0 Å². The van der Waals surface area contributed by atoms with Gasteiger partial charge < -0.3 is 39.7 Å². The Bertz CT molecular complexity index is 734. The van der Waals surface area contributed by atoms with Crippen molar-refractivity contribution in [3.8, 4) is 0 Å². The minimum atomic E-state index is -1.52. The van der Waals surface area contributed by atoms with E-state index in [4.69, 9.17) is 14.2 Å². The number of ether oxygens (including phenoxy) is 3. The predicted octanol–water partition coefficient (Wildman–Crippen LogP) is -0.992. The van der Waals surface area contributed by atoms with Crippen LogP contribution in [0.1, 0.15) is 26.2 Å². The van der Waals surface area contributed by atoms with Crippen molar-refractivity contribution >= 4 is 5.97 Å². The summed E-state index contributed by atoms with van der Waals surface area (Å²) in [5, 5.41) is 50.2. The topological polar surface area (TPSA) is 146 Å². The summed E-state index contributed by atoms with van der Waals surface area (Å²) >= 11 is 0. The Labute approximate surface area is 174 Å². The van der Waals surface area contributed by atoms with Crippen LogP contribution in [0.2, 0.25) is 0 Å². The second-order valence-corrected chi connectivity index (χ2v) is 9.06. The third-order valence-electron chi connectivity index (χ3n) is 7.41. The fourth-order valence-electron chi connectivity index (χ4n) is 5.47. The molecule has 0 aromatic heterocycles. The second-order valence-electron chi connectivity index (χ2n) is 9.06. The molecule has 9 nitrogen and oxygen atoms in total. The smallest absolute Gasteiger partial charge is 0.334 e. The Hall–Kier alpha value is -1.33. The highest BCUT2D eigenvalue weighted by Crippen LogP contribution is 2.56. The van der Waals surface area contributed by atoms with Gasteiger partial charge in [-0.25, -0.2) is 4.79 Å². The molecule has 4 rings (SSSR count). The molecule has 30 heavy (non-hydrogen) atoms. The Morgan fingerprint density at radius 2 is 1.97 bits per heavy atom. The van der Waals surface area contributed by atoms with Crippen LogP contribution < -0.4 is 0 Å². The van der Waals surface area contributed by atoms with E-state index in [0.717, 1.165) is 5.57 Å². The Balaban J connectivity index is 1.53. The van der Waals surface area contributed by atoms with E-state index in [-0.39, 0.29) is 18.4 Å². The van der Waals surface area contributed by atoms with Crippen molar-refractivity contribution < 1.29 is 44.5 Å². The summed E-state index contributed by atoms with van der Waals surface area (Å²) in [6.07, 6.45) is -4.12. The molecule has 0 bridgehead atoms. The lowest BCUT2D eigenvalue weighted by molar-refractivity contribution is -0.299. The Morgan fingerprint density at radius 1 is 1.23 bits per heavy atom. The maximum Gasteiger partial charge on any atom is 0.334 e. The van der Waals surface area contributed by atoms with Crippen LogP contribution in [0.15, 0.2) is 23.8 Å². The molecule has 3 fully saturated rings. The number of hydrogen-bond acceptors (Lipinski definition) is 9. The van der Waals surface area contributed by atoms with E-state index in [1.54, 1.807) is 0 Å². The molecule has 2 saturated heterocycles. The summed E-state index contributed by atoms with van der Waals surface area (Å²) < 4.78 is 16.8. The van der Waals surface area contributed by atoms with Crippen LogP contribution >= 0.6 is 0 Å². The number of esters is 1. The van der Waals surface area contributed by atoms with Crippen molar-refractivity contribution in [2.24, 2.45) is 17.3 Å². The minimum Gasteiger partial charge on any atom is -0.458 e. The van der Waals surface area contributed by atoms with E-state index in [9.17, 15) is 30.3 Å². The first-order valence-electron chi connectivity index (χ1n) is 10.4. The van der Waals surface area contributed by atoms with Gasteiger partial charge in [-0.15, -0.1) is 0 Å². The SMILES string of the molecule is C=C1C(=O)OC2C1CCC1(C)C(O)CC=C(COC3OC(CO)C(O)C(O)C3O)C21. The molecule has 10 unspecified atom stereocenters. The highest BCUT2D eigenvalue weighted by molar-refractivity contribution is 5.91. The first kappa shape index (κ1) is 21.9. The lowest BCUT2D eigenvalue weighted by Gasteiger charge is -2.52. The Morgan fingerprint density at radius 3 is 2.67 bits per heavy atom. The summed E-state index contributed by atoms with van der Waals surface area (Å²) in [7, 11) is 0. The second kappa shape index (κ2) is 7.98. The van der Waals surface area contributed by atoms with Crippen molar-refractivity contribution in [2.75, 3.05) is 13.2 Å². The van der Waals surface area contributed by atoms with E-state index in [1.165, 1.54) is 0 Å². The van der Waals surface area contributed by atoms with E-state index < -0.39 is 60.9 Å². The first-order valence-corrected chi connectivity index (χ1v) is 10.4. The molecule has 0 spiro atoms. The number of fused-ring (bicyclic) bond motifs is 3. The molecule has 4 aliphatic rings. The molecular weight excluding hydrogens is 396 g/mol. The zero-order valence-corrected chi connectivity index (χ0v) is 16.9. The quantitative estimate of drug-likeness (QED) is 0.217. The van der Waals surface area contributed by atoms with Gasteiger partial charge in [0.1, 0.15) is 30.5 Å². The average molecular weight is 426 g/mol. The van der Waals surface area contributed by atoms with Gasteiger partial charge in [0.05, 0.1) is 19.3 Å². The van der Waals surface area contributed by atoms with Crippen LogP contribution in [0.4, 0.5) is 0 Å². The molecule has 9 heteroatoms. The summed E-state index contributed by atoms with van der Waals surface area (Å²) in [5.74, 6) is -0.812. The lowest BCUT2D eigenvalue weighted by atomic mass is 9.55. The molecule has 0 aromatic rings. The van der Waals surface area contributed by atoms with Crippen molar-refractivity contribution in [2.45, 2.75) is 69.1 Å². The maximum atomic E-state index is 12.1. The monoisotopic (exact) mass is 426 g/mol. The van der Waals surface area contributed by atoms with Crippen LogP contribution in [-0.2, 0) is 19.0 Å². The van der Waals surface area contributed by atoms with Gasteiger partial charge in [-0.2, -0.15) is 0 Å². The zero-order valence-electron chi connectivity index (χ0n) is 16.9. The van der Waals surface area contributed by atoms with Crippen molar-refractivity contribution in [1.29, 1.82) is 0 Å². The standard InChI is InChI=1S/C21H30O9/c1-9-11-5-6-21(2)13(23)4-3-10(14(21)18(11)30-19(9)27)8-28-20-17(26)16(25)15(24)12(7-22)29-20/h3,11-18,20,22-26H,1,4-8H2,2H3. The van der Waals surface area contributed by atoms with Crippen molar-refractivity contribution in [3.05, 3.63) is 23.8 Å². The van der Waals surface area contributed by atoms with E-state index >= 15 is 0 Å². The summed E-state index contributed by atoms with van der Waals surface area (Å²) in [6, 6.07) is 0. The zero-order chi connectivity index (χ0) is 21.8. The molecule has 5 N–H and O–H groups in total. The van der Waals surface area contributed by atoms with Gasteiger partial charge in [-0.3, -0.25) is 0 Å². The number of carbonyl (C=O) groups is 1. The van der Waals surface area contributed by atoms with E-state index in [0.29, 0.717) is 24.8 Å². The number of hydrogen-bond donors (Lipinski definition) is 5. The number of rotatable bonds is 4. The number of aliphatic hydroxyl groups is 5. The molecule has 0 amide bonds. The van der Waals surface area contributed by atoms with Gasteiger partial charge in [0.15, 0.2) is 6.29 Å². The lowest BCUT2D eigenvalue weighted by Crippen LogP contribution is -2.59. The minimum absolute atomic E-state index is 0.0168.